The molecule has 31 heavy (non-hydrogen) atoms. The van der Waals surface area contributed by atoms with Gasteiger partial charge in [-0.2, -0.15) is 5.26 Å². The molecule has 6 nitrogen and oxygen atoms in total. The predicted octanol–water partition coefficient (Wildman–Crippen LogP) is 4.75. The van der Waals surface area contributed by atoms with Crippen LogP contribution in [0.25, 0.3) is 11.0 Å². The van der Waals surface area contributed by atoms with Crippen LogP contribution in [0.5, 0.6) is 0 Å². The minimum atomic E-state index is 0.0368. The van der Waals surface area contributed by atoms with Crippen LogP contribution in [0.2, 0.25) is 5.02 Å². The standard InChI is InChI=1S/C24H22ClN5O/c25-18-4-2-17(3-5-18)24(31)30-11-9-16(10-12-30)22-23(27-19-6-7-19)29-20-8-1-15(14-26)13-21(20)28-22/h1-5,8,13,16,19H,6-7,9-12H2,(H,27,29). The van der Waals surface area contributed by atoms with Gasteiger partial charge in [-0.25, -0.2) is 9.97 Å². The molecule has 0 bridgehead atoms. The van der Waals surface area contributed by atoms with Crippen LogP contribution in [-0.4, -0.2) is 39.9 Å². The maximum atomic E-state index is 12.8. The summed E-state index contributed by atoms with van der Waals surface area (Å²) in [5.41, 5.74) is 3.73. The minimum Gasteiger partial charge on any atom is -0.366 e. The second-order valence-corrected chi connectivity index (χ2v) is 8.70. The number of fused-ring (bicyclic) bond motifs is 1. The number of likely N-dealkylation sites (tertiary alicyclic amines) is 1. The number of hydrogen-bond acceptors (Lipinski definition) is 5. The van der Waals surface area contributed by atoms with Gasteiger partial charge in [-0.05, 0) is 68.1 Å². The van der Waals surface area contributed by atoms with Crippen molar-refractivity contribution in [2.45, 2.75) is 37.6 Å². The number of benzene rings is 2. The number of nitrogens with zero attached hydrogens (tertiary/aromatic N) is 4. The number of nitrogens with one attached hydrogen (secondary N) is 1. The number of rotatable bonds is 4. The van der Waals surface area contributed by atoms with E-state index in [-0.39, 0.29) is 11.8 Å². The number of aromatic nitrogens is 2. The smallest absolute Gasteiger partial charge is 0.253 e. The Morgan fingerprint density at radius 3 is 2.45 bits per heavy atom. The van der Waals surface area contributed by atoms with Gasteiger partial charge in [0, 0.05) is 35.6 Å². The molecule has 1 saturated carbocycles. The van der Waals surface area contributed by atoms with E-state index >= 15 is 0 Å². The lowest BCUT2D eigenvalue weighted by Gasteiger charge is -2.32. The van der Waals surface area contributed by atoms with E-state index in [1.807, 2.05) is 11.0 Å². The number of carbonyl (C=O) groups excluding carboxylic acids is 1. The van der Waals surface area contributed by atoms with Crippen LogP contribution in [0.3, 0.4) is 0 Å². The maximum Gasteiger partial charge on any atom is 0.253 e. The number of hydrogen-bond donors (Lipinski definition) is 1. The largest absolute Gasteiger partial charge is 0.366 e. The molecule has 1 N–H and O–H groups in total. The first-order valence-electron chi connectivity index (χ1n) is 10.6. The number of carbonyl (C=O) groups is 1. The molecule has 7 heteroatoms. The van der Waals surface area contributed by atoms with Crippen molar-refractivity contribution in [3.8, 4) is 6.07 Å². The number of amides is 1. The first-order valence-corrected chi connectivity index (χ1v) is 11.0. The van der Waals surface area contributed by atoms with E-state index in [1.54, 1.807) is 36.4 Å². The molecule has 0 atom stereocenters. The normalized spacial score (nSPS) is 16.8. The number of anilines is 1. The lowest BCUT2D eigenvalue weighted by Crippen LogP contribution is -2.38. The zero-order valence-electron chi connectivity index (χ0n) is 17.0. The molecular weight excluding hydrogens is 410 g/mol. The van der Waals surface area contributed by atoms with Gasteiger partial charge in [-0.15, -0.1) is 0 Å². The summed E-state index contributed by atoms with van der Waals surface area (Å²) in [6.07, 6.45) is 3.97. The molecular formula is C24H22ClN5O. The van der Waals surface area contributed by atoms with Crippen molar-refractivity contribution in [3.05, 3.63) is 64.3 Å². The number of piperidine rings is 1. The van der Waals surface area contributed by atoms with Crippen LogP contribution < -0.4 is 5.32 Å². The fourth-order valence-electron chi connectivity index (χ4n) is 4.08. The van der Waals surface area contributed by atoms with Crippen LogP contribution in [0.4, 0.5) is 5.82 Å². The molecule has 156 valence electrons. The monoisotopic (exact) mass is 431 g/mol. The van der Waals surface area contributed by atoms with Gasteiger partial charge < -0.3 is 10.2 Å². The predicted molar refractivity (Wildman–Crippen MR) is 120 cm³/mol. The summed E-state index contributed by atoms with van der Waals surface area (Å²) in [6.45, 7) is 1.35. The quantitative estimate of drug-likeness (QED) is 0.644. The summed E-state index contributed by atoms with van der Waals surface area (Å²) in [5.74, 6) is 1.11. The first-order chi connectivity index (χ1) is 15.1. The Hall–Kier alpha value is -3.17. The molecule has 3 aromatic rings. The summed E-state index contributed by atoms with van der Waals surface area (Å²) in [4.78, 5) is 24.5. The highest BCUT2D eigenvalue weighted by Gasteiger charge is 2.30. The molecule has 0 unspecified atom stereocenters. The molecule has 1 aliphatic heterocycles. The lowest BCUT2D eigenvalue weighted by molar-refractivity contribution is 0.0712. The fourth-order valence-corrected chi connectivity index (χ4v) is 4.21. The molecule has 0 radical (unpaired) electrons. The zero-order chi connectivity index (χ0) is 21.4. The van der Waals surface area contributed by atoms with Gasteiger partial charge in [0.25, 0.3) is 5.91 Å². The van der Waals surface area contributed by atoms with Crippen molar-refractivity contribution in [1.29, 1.82) is 5.26 Å². The molecule has 2 aromatic carbocycles. The van der Waals surface area contributed by atoms with Crippen LogP contribution in [-0.2, 0) is 0 Å². The Morgan fingerprint density at radius 1 is 1.03 bits per heavy atom. The summed E-state index contributed by atoms with van der Waals surface area (Å²) >= 11 is 5.94. The molecule has 2 aliphatic rings. The van der Waals surface area contributed by atoms with E-state index in [1.165, 1.54) is 0 Å². The third-order valence-corrected chi connectivity index (χ3v) is 6.25. The van der Waals surface area contributed by atoms with E-state index < -0.39 is 0 Å². The van der Waals surface area contributed by atoms with Gasteiger partial charge in [0.15, 0.2) is 0 Å². The van der Waals surface area contributed by atoms with Gasteiger partial charge >= 0.3 is 0 Å². The molecule has 5 rings (SSSR count). The first kappa shape index (κ1) is 19.8. The van der Waals surface area contributed by atoms with Crippen molar-refractivity contribution < 1.29 is 4.79 Å². The minimum absolute atomic E-state index is 0.0368. The Morgan fingerprint density at radius 2 is 1.77 bits per heavy atom. The van der Waals surface area contributed by atoms with E-state index in [0.717, 1.165) is 48.2 Å². The third kappa shape index (κ3) is 4.19. The third-order valence-electron chi connectivity index (χ3n) is 6.00. The van der Waals surface area contributed by atoms with E-state index in [4.69, 9.17) is 21.6 Å². The molecule has 0 spiro atoms. The van der Waals surface area contributed by atoms with Crippen molar-refractivity contribution in [2.24, 2.45) is 0 Å². The highest BCUT2D eigenvalue weighted by Crippen LogP contribution is 2.35. The fraction of sp³-hybridized carbons (Fsp3) is 0.333. The summed E-state index contributed by atoms with van der Waals surface area (Å²) < 4.78 is 0. The van der Waals surface area contributed by atoms with Crippen molar-refractivity contribution in [3.63, 3.8) is 0 Å². The molecule has 2 fully saturated rings. The Labute approximate surface area is 185 Å². The van der Waals surface area contributed by atoms with Crippen molar-refractivity contribution >= 4 is 34.4 Å². The van der Waals surface area contributed by atoms with Gasteiger partial charge in [-0.3, -0.25) is 4.79 Å². The molecule has 2 heterocycles. The topological polar surface area (TPSA) is 81.9 Å². The highest BCUT2D eigenvalue weighted by atomic mass is 35.5. The average molecular weight is 432 g/mol. The summed E-state index contributed by atoms with van der Waals surface area (Å²) in [6, 6.07) is 15.1. The lowest BCUT2D eigenvalue weighted by atomic mass is 9.92. The maximum absolute atomic E-state index is 12.8. The SMILES string of the molecule is N#Cc1ccc2nc(NC3CC3)c(C3CCN(C(=O)c4ccc(Cl)cc4)CC3)nc2c1. The molecule has 1 amide bonds. The van der Waals surface area contributed by atoms with Crippen molar-refractivity contribution in [1.82, 2.24) is 14.9 Å². The summed E-state index contributed by atoms with van der Waals surface area (Å²) in [7, 11) is 0. The van der Waals surface area contributed by atoms with Gasteiger partial charge in [0.05, 0.1) is 28.4 Å². The Kier molecular flexibility index (Phi) is 5.21. The summed E-state index contributed by atoms with van der Waals surface area (Å²) in [5, 5.41) is 13.4. The second-order valence-electron chi connectivity index (χ2n) is 8.26. The second kappa shape index (κ2) is 8.16. The van der Waals surface area contributed by atoms with Gasteiger partial charge in [0.1, 0.15) is 5.82 Å². The number of halogens is 1. The molecule has 1 aromatic heterocycles. The van der Waals surface area contributed by atoms with E-state index in [0.29, 0.717) is 35.3 Å². The van der Waals surface area contributed by atoms with E-state index in [9.17, 15) is 10.1 Å². The van der Waals surface area contributed by atoms with Crippen molar-refractivity contribution in [2.75, 3.05) is 18.4 Å². The number of nitriles is 1. The van der Waals surface area contributed by atoms with E-state index in [2.05, 4.69) is 11.4 Å². The van der Waals surface area contributed by atoms with Crippen LogP contribution in [0.15, 0.2) is 42.5 Å². The Bertz CT molecular complexity index is 1180. The average Bonchev–Trinajstić information content (AvgIpc) is 3.62. The molecule has 1 saturated heterocycles. The highest BCUT2D eigenvalue weighted by molar-refractivity contribution is 6.30. The molecule has 1 aliphatic carbocycles. The van der Waals surface area contributed by atoms with Crippen LogP contribution >= 0.6 is 11.6 Å². The zero-order valence-corrected chi connectivity index (χ0v) is 17.8. The van der Waals surface area contributed by atoms with Gasteiger partial charge in [0.2, 0.25) is 0 Å². The Balaban J connectivity index is 1.38. The van der Waals surface area contributed by atoms with Crippen LogP contribution in [0, 0.1) is 11.3 Å². The van der Waals surface area contributed by atoms with Crippen LogP contribution in [0.1, 0.15) is 53.2 Å². The van der Waals surface area contributed by atoms with Gasteiger partial charge in [-0.1, -0.05) is 11.6 Å².